The number of amides is 2. The van der Waals surface area contributed by atoms with Crippen LogP contribution in [0.5, 0.6) is 5.75 Å². The van der Waals surface area contributed by atoms with Gasteiger partial charge in [0, 0.05) is 17.1 Å². The Morgan fingerprint density at radius 2 is 1.91 bits per heavy atom. The van der Waals surface area contributed by atoms with Crippen LogP contribution in [0, 0.1) is 0 Å². The van der Waals surface area contributed by atoms with Crippen LogP contribution >= 0.6 is 23.2 Å². The highest BCUT2D eigenvalue weighted by Crippen LogP contribution is 2.32. The van der Waals surface area contributed by atoms with Gasteiger partial charge in [-0.3, -0.25) is 19.4 Å². The molecule has 32 heavy (non-hydrogen) atoms. The van der Waals surface area contributed by atoms with Gasteiger partial charge >= 0.3 is 0 Å². The summed E-state index contributed by atoms with van der Waals surface area (Å²) >= 11 is 12.0. The van der Waals surface area contributed by atoms with Gasteiger partial charge in [0.2, 0.25) is 17.8 Å². The summed E-state index contributed by atoms with van der Waals surface area (Å²) in [7, 11) is 1.56. The van der Waals surface area contributed by atoms with Gasteiger partial charge in [0.15, 0.2) is 0 Å². The number of methoxy groups -OCH3 is 1. The molecule has 0 spiro atoms. The minimum absolute atomic E-state index is 0.0170. The molecule has 9 nitrogen and oxygen atoms in total. The largest absolute Gasteiger partial charge is 0.497 e. The first-order valence-electron chi connectivity index (χ1n) is 9.45. The first-order valence-corrected chi connectivity index (χ1v) is 10.2. The summed E-state index contributed by atoms with van der Waals surface area (Å²) in [6.07, 6.45) is -0.208. The molecule has 1 atom stereocenters. The van der Waals surface area contributed by atoms with Crippen LogP contribution in [0.4, 0.5) is 23.1 Å². The molecule has 1 aliphatic rings. The predicted octanol–water partition coefficient (Wildman–Crippen LogP) is 3.89. The van der Waals surface area contributed by atoms with Crippen molar-refractivity contribution in [1.29, 1.82) is 0 Å². The first-order chi connectivity index (χ1) is 15.3. The van der Waals surface area contributed by atoms with Gasteiger partial charge in [-0.1, -0.05) is 23.2 Å². The Morgan fingerprint density at radius 3 is 2.59 bits per heavy atom. The van der Waals surface area contributed by atoms with Gasteiger partial charge in [-0.15, -0.1) is 0 Å². The number of hydrogen-bond acceptors (Lipinski definition) is 6. The Hall–Kier alpha value is -3.56. The third-order valence-electron chi connectivity index (χ3n) is 4.81. The lowest BCUT2D eigenvalue weighted by Crippen LogP contribution is -2.36. The van der Waals surface area contributed by atoms with E-state index in [0.717, 1.165) is 0 Å². The lowest BCUT2D eigenvalue weighted by Gasteiger charge is -2.24. The quantitative estimate of drug-likeness (QED) is 0.445. The van der Waals surface area contributed by atoms with Gasteiger partial charge in [-0.25, -0.2) is 0 Å². The monoisotopic (exact) mass is 473 g/mol. The van der Waals surface area contributed by atoms with Gasteiger partial charge in [-0.2, -0.15) is 4.98 Å². The molecule has 4 N–H and O–H groups in total. The Balaban J connectivity index is 1.62. The van der Waals surface area contributed by atoms with Crippen LogP contribution in [0.3, 0.4) is 0 Å². The summed E-state index contributed by atoms with van der Waals surface area (Å²) in [6.45, 7) is 0. The minimum atomic E-state index is -1.04. The zero-order valence-corrected chi connectivity index (χ0v) is 18.2. The average Bonchev–Trinajstić information content (AvgIpc) is 2.75. The summed E-state index contributed by atoms with van der Waals surface area (Å²) in [4.78, 5) is 44.9. The highest BCUT2D eigenvalue weighted by atomic mass is 35.5. The van der Waals surface area contributed by atoms with Crippen molar-refractivity contribution in [3.05, 3.63) is 68.4 Å². The molecular weight excluding hydrogens is 457 g/mol. The van der Waals surface area contributed by atoms with Crippen molar-refractivity contribution < 1.29 is 14.3 Å². The van der Waals surface area contributed by atoms with E-state index in [1.807, 2.05) is 0 Å². The van der Waals surface area contributed by atoms with Crippen LogP contribution in [0.25, 0.3) is 0 Å². The van der Waals surface area contributed by atoms with E-state index in [-0.39, 0.29) is 28.8 Å². The Bertz CT molecular complexity index is 1260. The molecule has 0 aliphatic carbocycles. The first kappa shape index (κ1) is 21.7. The lowest BCUT2D eigenvalue weighted by atomic mass is 9.92. The van der Waals surface area contributed by atoms with E-state index in [2.05, 4.69) is 25.9 Å². The van der Waals surface area contributed by atoms with Gasteiger partial charge in [0.05, 0.1) is 29.3 Å². The second kappa shape index (κ2) is 8.89. The maximum Gasteiger partial charge on any atom is 0.258 e. The third-order valence-corrected chi connectivity index (χ3v) is 5.36. The molecule has 2 aromatic carbocycles. The van der Waals surface area contributed by atoms with Crippen LogP contribution in [0.1, 0.15) is 17.9 Å². The molecule has 0 radical (unpaired) electrons. The molecule has 3 aromatic rings. The molecule has 0 bridgehead atoms. The maximum absolute atomic E-state index is 12.9. The topological polar surface area (TPSA) is 125 Å². The molecular formula is C21H17Cl2N5O4. The van der Waals surface area contributed by atoms with Gasteiger partial charge in [0.25, 0.3) is 5.56 Å². The fourth-order valence-corrected chi connectivity index (χ4v) is 3.73. The van der Waals surface area contributed by atoms with E-state index in [9.17, 15) is 14.4 Å². The standard InChI is InChI=1S/C21H17Cl2N5O4/c1-32-12-5-3-11(4-6-12)24-21-27-18-17(20(31)28-21)13(9-16(29)26-18)19(30)25-15-7-2-10(22)8-14(15)23/h2-8,13H,9H2,1H3,(H,25,30)(H3,24,26,27,28,29,31)/t13-/m0/s1. The maximum atomic E-state index is 12.9. The molecule has 1 aromatic heterocycles. The second-order valence-electron chi connectivity index (χ2n) is 6.95. The van der Waals surface area contributed by atoms with E-state index in [4.69, 9.17) is 27.9 Å². The predicted molar refractivity (Wildman–Crippen MR) is 122 cm³/mol. The third kappa shape index (κ3) is 4.53. The number of rotatable bonds is 5. The van der Waals surface area contributed by atoms with E-state index in [0.29, 0.717) is 22.1 Å². The lowest BCUT2D eigenvalue weighted by molar-refractivity contribution is -0.123. The van der Waals surface area contributed by atoms with Crippen molar-refractivity contribution >= 4 is 58.2 Å². The number of halogens is 2. The molecule has 4 rings (SSSR count). The number of fused-ring (bicyclic) bond motifs is 1. The highest BCUT2D eigenvalue weighted by molar-refractivity contribution is 6.36. The van der Waals surface area contributed by atoms with Gasteiger partial charge < -0.3 is 20.7 Å². The van der Waals surface area contributed by atoms with Crippen molar-refractivity contribution in [1.82, 2.24) is 9.97 Å². The molecule has 1 aliphatic heterocycles. The number of carbonyl (C=O) groups excluding carboxylic acids is 2. The number of aromatic amines is 1. The SMILES string of the molecule is COc1ccc(Nc2nc3c(c(=O)[nH]2)[C@@H](C(=O)Nc2ccc(Cl)cc2Cl)CC(=O)N3)cc1. The van der Waals surface area contributed by atoms with E-state index in [1.54, 1.807) is 37.4 Å². The molecule has 2 heterocycles. The number of hydrogen-bond donors (Lipinski definition) is 4. The van der Waals surface area contributed by atoms with E-state index in [1.165, 1.54) is 12.1 Å². The van der Waals surface area contributed by atoms with Crippen LogP contribution < -0.4 is 26.2 Å². The molecule has 0 unspecified atom stereocenters. The fourth-order valence-electron chi connectivity index (χ4n) is 3.28. The van der Waals surface area contributed by atoms with E-state index < -0.39 is 23.3 Å². The minimum Gasteiger partial charge on any atom is -0.497 e. The summed E-state index contributed by atoms with van der Waals surface area (Å²) in [5.41, 5.74) is 0.472. The number of carbonyl (C=O) groups is 2. The summed E-state index contributed by atoms with van der Waals surface area (Å²) in [5.74, 6) is -1.24. The van der Waals surface area contributed by atoms with Crippen molar-refractivity contribution in [3.63, 3.8) is 0 Å². The van der Waals surface area contributed by atoms with Crippen LogP contribution in [0.15, 0.2) is 47.3 Å². The zero-order chi connectivity index (χ0) is 22.8. The smallest absolute Gasteiger partial charge is 0.258 e. The Kier molecular flexibility index (Phi) is 6.02. The summed E-state index contributed by atoms with van der Waals surface area (Å²) in [5, 5.41) is 8.80. The van der Waals surface area contributed by atoms with Gasteiger partial charge in [-0.05, 0) is 42.5 Å². The van der Waals surface area contributed by atoms with Crippen LogP contribution in [-0.4, -0.2) is 28.9 Å². The van der Waals surface area contributed by atoms with E-state index >= 15 is 0 Å². The van der Waals surface area contributed by atoms with Crippen molar-refractivity contribution in [3.8, 4) is 5.75 Å². The summed E-state index contributed by atoms with van der Waals surface area (Å²) in [6, 6.07) is 11.5. The number of H-pyrrole nitrogens is 1. The zero-order valence-electron chi connectivity index (χ0n) is 16.7. The number of anilines is 4. The number of nitrogens with one attached hydrogen (secondary N) is 4. The molecule has 164 valence electrons. The van der Waals surface area contributed by atoms with Gasteiger partial charge in [0.1, 0.15) is 11.6 Å². The van der Waals surface area contributed by atoms with Crippen LogP contribution in [0.2, 0.25) is 10.0 Å². The van der Waals surface area contributed by atoms with Crippen molar-refractivity contribution in [2.24, 2.45) is 0 Å². The average molecular weight is 474 g/mol. The summed E-state index contributed by atoms with van der Waals surface area (Å²) < 4.78 is 5.11. The molecule has 0 saturated heterocycles. The number of ether oxygens (including phenoxy) is 1. The van der Waals surface area contributed by atoms with Crippen molar-refractivity contribution in [2.75, 3.05) is 23.1 Å². The fraction of sp³-hybridized carbons (Fsp3) is 0.143. The molecule has 0 saturated carbocycles. The normalized spacial score (nSPS) is 14.8. The number of benzene rings is 2. The number of nitrogens with zero attached hydrogens (tertiary/aromatic N) is 1. The molecule has 11 heteroatoms. The molecule has 0 fully saturated rings. The number of aromatic nitrogens is 2. The van der Waals surface area contributed by atoms with Crippen LogP contribution in [-0.2, 0) is 9.59 Å². The molecule has 2 amide bonds. The van der Waals surface area contributed by atoms with Crippen molar-refractivity contribution in [2.45, 2.75) is 12.3 Å². The second-order valence-corrected chi connectivity index (χ2v) is 7.79. The highest BCUT2D eigenvalue weighted by Gasteiger charge is 2.35. The Morgan fingerprint density at radius 1 is 1.16 bits per heavy atom. The Labute approximate surface area is 192 Å².